The van der Waals surface area contributed by atoms with Crippen LogP contribution in [0, 0.1) is 0 Å². The van der Waals surface area contributed by atoms with Crippen molar-refractivity contribution < 1.29 is 22.5 Å². The van der Waals surface area contributed by atoms with Gasteiger partial charge < -0.3 is 4.52 Å². The molecule has 0 aliphatic heterocycles. The van der Waals surface area contributed by atoms with Crippen molar-refractivity contribution in [2.45, 2.75) is 19.5 Å². The maximum Gasteiger partial charge on any atom is 0.406 e. The molecule has 3 rings (SSSR count). The fraction of sp³-hybridized carbons (Fsp3) is 0.222. The minimum atomic E-state index is -4.54. The lowest BCUT2D eigenvalue weighted by Crippen LogP contribution is -2.39. The zero-order valence-corrected chi connectivity index (χ0v) is 14.6. The summed E-state index contributed by atoms with van der Waals surface area (Å²) in [5.41, 5.74) is 0.956. The summed E-state index contributed by atoms with van der Waals surface area (Å²) in [4.78, 5) is 14.1. The van der Waals surface area contributed by atoms with Gasteiger partial charge in [-0.15, -0.1) is 11.3 Å². The van der Waals surface area contributed by atoms with E-state index < -0.39 is 18.6 Å². The summed E-state index contributed by atoms with van der Waals surface area (Å²) in [5, 5.41) is 5.48. The Morgan fingerprint density at radius 1 is 1.23 bits per heavy atom. The normalized spacial score (nSPS) is 11.5. The van der Waals surface area contributed by atoms with E-state index in [1.165, 1.54) is 29.5 Å². The summed E-state index contributed by atoms with van der Waals surface area (Å²) in [5.74, 6) is -0.519. The third-order valence-corrected chi connectivity index (χ3v) is 4.62. The van der Waals surface area contributed by atoms with Gasteiger partial charge in [0, 0.05) is 11.8 Å². The molecule has 0 N–H and O–H groups in total. The Hall–Kier alpha value is -2.61. The van der Waals surface area contributed by atoms with E-state index in [1.807, 2.05) is 12.3 Å². The molecule has 0 spiro atoms. The zero-order chi connectivity index (χ0) is 18.7. The monoisotopic (exact) mass is 380 g/mol. The summed E-state index contributed by atoms with van der Waals surface area (Å²) in [6, 6.07) is 11.3. The molecule has 4 nitrogen and oxygen atoms in total. The van der Waals surface area contributed by atoms with Crippen LogP contribution < -0.4 is 4.90 Å². The summed E-state index contributed by atoms with van der Waals surface area (Å²) in [6.07, 6.45) is -3.79. The lowest BCUT2D eigenvalue weighted by atomic mass is 10.1. The molecular formula is C18H15F3N2O2S. The second-order valence-corrected chi connectivity index (χ2v) is 6.53. The number of carbonyl (C=O) groups excluding carboxylic acids is 1. The number of hydrogen-bond donors (Lipinski definition) is 0. The molecule has 8 heteroatoms. The van der Waals surface area contributed by atoms with Crippen LogP contribution in [0.1, 0.15) is 23.0 Å². The minimum Gasteiger partial charge on any atom is -0.355 e. The number of anilines is 1. The number of aromatic nitrogens is 1. The standard InChI is InChI=1S/C18H15F3N2O2S/c1-2-12-5-7-13(8-6-12)23(11-18(19,20)21)17(24)14-10-15(25-22-14)16-4-3-9-26-16/h3-10H,2,11H2,1H3. The predicted octanol–water partition coefficient (Wildman–Crippen LogP) is 5.17. The maximum absolute atomic E-state index is 13.0. The minimum absolute atomic E-state index is 0.158. The Bertz CT molecular complexity index is 871. The third-order valence-electron chi connectivity index (χ3n) is 3.73. The number of benzene rings is 1. The SMILES string of the molecule is CCc1ccc(N(CC(F)(F)F)C(=O)c2cc(-c3cccs3)on2)cc1. The van der Waals surface area contributed by atoms with Gasteiger partial charge in [0.2, 0.25) is 0 Å². The Morgan fingerprint density at radius 3 is 2.54 bits per heavy atom. The van der Waals surface area contributed by atoms with Crippen molar-refractivity contribution in [3.8, 4) is 10.6 Å². The van der Waals surface area contributed by atoms with E-state index in [0.717, 1.165) is 16.9 Å². The summed E-state index contributed by atoms with van der Waals surface area (Å²) < 4.78 is 44.1. The van der Waals surface area contributed by atoms with Crippen LogP contribution in [0.15, 0.2) is 52.4 Å². The number of amides is 1. The molecule has 0 aliphatic carbocycles. The molecule has 1 amide bonds. The number of rotatable bonds is 5. The van der Waals surface area contributed by atoms with Gasteiger partial charge in [-0.2, -0.15) is 13.2 Å². The van der Waals surface area contributed by atoms with E-state index in [4.69, 9.17) is 4.52 Å². The van der Waals surface area contributed by atoms with Gasteiger partial charge in [0.05, 0.1) is 4.88 Å². The van der Waals surface area contributed by atoms with Crippen molar-refractivity contribution >= 4 is 22.9 Å². The molecule has 0 radical (unpaired) electrons. The van der Waals surface area contributed by atoms with Crippen LogP contribution in [0.5, 0.6) is 0 Å². The van der Waals surface area contributed by atoms with Crippen LogP contribution in [0.4, 0.5) is 18.9 Å². The highest BCUT2D eigenvalue weighted by atomic mass is 32.1. The molecule has 136 valence electrons. The largest absolute Gasteiger partial charge is 0.406 e. The first-order chi connectivity index (χ1) is 12.4. The van der Waals surface area contributed by atoms with Crippen LogP contribution in [-0.2, 0) is 6.42 Å². The molecule has 3 aromatic rings. The van der Waals surface area contributed by atoms with Crippen molar-refractivity contribution in [1.82, 2.24) is 5.16 Å². The molecule has 0 aliphatic rings. The smallest absolute Gasteiger partial charge is 0.355 e. The first-order valence-corrected chi connectivity index (χ1v) is 8.73. The van der Waals surface area contributed by atoms with Crippen molar-refractivity contribution in [2.24, 2.45) is 0 Å². The molecule has 0 saturated carbocycles. The van der Waals surface area contributed by atoms with Crippen molar-refractivity contribution in [2.75, 3.05) is 11.4 Å². The van der Waals surface area contributed by atoms with Gasteiger partial charge in [-0.25, -0.2) is 0 Å². The van der Waals surface area contributed by atoms with Gasteiger partial charge in [-0.3, -0.25) is 9.69 Å². The highest BCUT2D eigenvalue weighted by Crippen LogP contribution is 2.28. The quantitative estimate of drug-likeness (QED) is 0.613. The molecular weight excluding hydrogens is 365 g/mol. The van der Waals surface area contributed by atoms with Crippen molar-refractivity contribution in [1.29, 1.82) is 0 Å². The molecule has 0 bridgehead atoms. The fourth-order valence-electron chi connectivity index (χ4n) is 2.42. The van der Waals surface area contributed by atoms with Gasteiger partial charge in [0.1, 0.15) is 6.54 Å². The van der Waals surface area contributed by atoms with Crippen molar-refractivity contribution in [3.05, 3.63) is 59.1 Å². The second kappa shape index (κ2) is 7.33. The van der Waals surface area contributed by atoms with E-state index in [-0.39, 0.29) is 11.4 Å². The molecule has 0 fully saturated rings. The molecule has 0 saturated heterocycles. The molecule has 0 atom stereocenters. The van der Waals surface area contributed by atoms with Gasteiger partial charge in [-0.1, -0.05) is 30.3 Å². The average molecular weight is 380 g/mol. The van der Waals surface area contributed by atoms with Gasteiger partial charge >= 0.3 is 6.18 Å². The Labute approximate surface area is 151 Å². The predicted molar refractivity (Wildman–Crippen MR) is 93.4 cm³/mol. The van der Waals surface area contributed by atoms with Crippen LogP contribution in [0.3, 0.4) is 0 Å². The van der Waals surface area contributed by atoms with Crippen LogP contribution in [-0.4, -0.2) is 23.8 Å². The van der Waals surface area contributed by atoms with Gasteiger partial charge in [0.25, 0.3) is 5.91 Å². The highest BCUT2D eigenvalue weighted by Gasteiger charge is 2.35. The topological polar surface area (TPSA) is 46.3 Å². The number of thiophene rings is 1. The van der Waals surface area contributed by atoms with Gasteiger partial charge in [0.15, 0.2) is 11.5 Å². The van der Waals surface area contributed by atoms with Crippen molar-refractivity contribution in [3.63, 3.8) is 0 Å². The number of carbonyl (C=O) groups is 1. The maximum atomic E-state index is 13.0. The highest BCUT2D eigenvalue weighted by molar-refractivity contribution is 7.13. The summed E-state index contributed by atoms with van der Waals surface area (Å²) >= 11 is 1.38. The van der Waals surface area contributed by atoms with E-state index in [9.17, 15) is 18.0 Å². The molecule has 0 unspecified atom stereocenters. The third kappa shape index (κ3) is 4.13. The lowest BCUT2D eigenvalue weighted by molar-refractivity contribution is -0.118. The lowest BCUT2D eigenvalue weighted by Gasteiger charge is -2.23. The number of hydrogen-bond acceptors (Lipinski definition) is 4. The van der Waals surface area contributed by atoms with E-state index in [2.05, 4.69) is 5.16 Å². The Balaban J connectivity index is 1.91. The first kappa shape index (κ1) is 18.2. The molecule has 1 aromatic carbocycles. The number of halogens is 3. The molecule has 26 heavy (non-hydrogen) atoms. The number of alkyl halides is 3. The van der Waals surface area contributed by atoms with E-state index in [0.29, 0.717) is 10.7 Å². The number of nitrogens with zero attached hydrogens (tertiary/aromatic N) is 2. The van der Waals surface area contributed by atoms with Gasteiger partial charge in [-0.05, 0) is 35.6 Å². The van der Waals surface area contributed by atoms with Crippen LogP contribution >= 0.6 is 11.3 Å². The summed E-state index contributed by atoms with van der Waals surface area (Å²) in [7, 11) is 0. The molecule has 2 heterocycles. The molecule has 2 aromatic heterocycles. The first-order valence-electron chi connectivity index (χ1n) is 7.85. The average Bonchev–Trinajstić information content (AvgIpc) is 3.29. The Morgan fingerprint density at radius 2 is 1.96 bits per heavy atom. The Kier molecular flexibility index (Phi) is 5.13. The fourth-order valence-corrected chi connectivity index (χ4v) is 3.09. The van der Waals surface area contributed by atoms with E-state index >= 15 is 0 Å². The zero-order valence-electron chi connectivity index (χ0n) is 13.8. The van der Waals surface area contributed by atoms with Crippen LogP contribution in [0.2, 0.25) is 0 Å². The second-order valence-electron chi connectivity index (χ2n) is 5.58. The summed E-state index contributed by atoms with van der Waals surface area (Å²) in [6.45, 7) is 0.535. The van der Waals surface area contributed by atoms with Crippen LogP contribution in [0.25, 0.3) is 10.6 Å². The number of aryl methyl sites for hydroxylation is 1. The van der Waals surface area contributed by atoms with E-state index in [1.54, 1.807) is 24.3 Å².